The highest BCUT2D eigenvalue weighted by Gasteiger charge is 2.34. The van der Waals surface area contributed by atoms with E-state index in [1.165, 1.54) is 0 Å². The minimum atomic E-state index is -0.787. The molecule has 0 unspecified atom stereocenters. The maximum atomic E-state index is 11.5. The number of aliphatic hydroxyl groups is 1. The third-order valence-corrected chi connectivity index (χ3v) is 2.80. The average molecular weight is 235 g/mol. The summed E-state index contributed by atoms with van der Waals surface area (Å²) < 4.78 is 0. The maximum Gasteiger partial charge on any atom is 0.319 e. The first-order chi connectivity index (χ1) is 8.07. The molecule has 4 N–H and O–H groups in total. The number of aryl methyl sites for hydroxylation is 1. The number of anilines is 1. The summed E-state index contributed by atoms with van der Waals surface area (Å²) in [7, 11) is 0. The summed E-state index contributed by atoms with van der Waals surface area (Å²) in [5.74, 6) is 0. The van der Waals surface area contributed by atoms with Crippen LogP contribution in [0.4, 0.5) is 10.5 Å². The summed E-state index contributed by atoms with van der Waals surface area (Å²) in [6, 6.07) is 7.25. The Hall–Kier alpha value is -1.59. The van der Waals surface area contributed by atoms with E-state index in [-0.39, 0.29) is 12.6 Å². The van der Waals surface area contributed by atoms with Gasteiger partial charge in [-0.05, 0) is 19.1 Å². The number of carbonyl (C=O) groups excluding carboxylic acids is 1. The van der Waals surface area contributed by atoms with Crippen molar-refractivity contribution in [1.82, 2.24) is 10.6 Å². The second-order valence-corrected chi connectivity index (χ2v) is 4.50. The molecule has 1 saturated heterocycles. The van der Waals surface area contributed by atoms with Crippen LogP contribution in [0.15, 0.2) is 24.3 Å². The van der Waals surface area contributed by atoms with Crippen molar-refractivity contribution in [3.05, 3.63) is 29.8 Å². The van der Waals surface area contributed by atoms with Crippen LogP contribution in [0.3, 0.4) is 0 Å². The van der Waals surface area contributed by atoms with Gasteiger partial charge >= 0.3 is 6.03 Å². The molecule has 17 heavy (non-hydrogen) atoms. The van der Waals surface area contributed by atoms with Crippen molar-refractivity contribution in [2.75, 3.05) is 25.0 Å². The molecule has 0 atom stereocenters. The third kappa shape index (κ3) is 3.18. The molecule has 0 bridgehead atoms. The lowest BCUT2D eigenvalue weighted by Crippen LogP contribution is -2.64. The molecular weight excluding hydrogens is 218 g/mol. The number of hydrogen-bond acceptors (Lipinski definition) is 3. The fourth-order valence-electron chi connectivity index (χ4n) is 1.60. The summed E-state index contributed by atoms with van der Waals surface area (Å²) in [4.78, 5) is 11.5. The molecule has 92 valence electrons. The van der Waals surface area contributed by atoms with Gasteiger partial charge in [-0.15, -0.1) is 0 Å². The number of nitrogens with one attached hydrogen (secondary N) is 3. The number of hydrogen-bond donors (Lipinski definition) is 4. The van der Waals surface area contributed by atoms with Crippen LogP contribution in [0, 0.1) is 6.92 Å². The fourth-order valence-corrected chi connectivity index (χ4v) is 1.60. The Morgan fingerprint density at radius 1 is 1.41 bits per heavy atom. The van der Waals surface area contributed by atoms with E-state index in [4.69, 9.17) is 0 Å². The van der Waals surface area contributed by atoms with Crippen molar-refractivity contribution in [1.29, 1.82) is 0 Å². The third-order valence-electron chi connectivity index (χ3n) is 2.80. The predicted molar refractivity (Wildman–Crippen MR) is 66.0 cm³/mol. The first-order valence-electron chi connectivity index (χ1n) is 5.62. The van der Waals surface area contributed by atoms with Gasteiger partial charge in [0.15, 0.2) is 0 Å². The molecule has 0 saturated carbocycles. The van der Waals surface area contributed by atoms with E-state index >= 15 is 0 Å². The lowest BCUT2D eigenvalue weighted by Gasteiger charge is -2.37. The Labute approximate surface area is 100 Å². The smallest absolute Gasteiger partial charge is 0.319 e. The summed E-state index contributed by atoms with van der Waals surface area (Å²) in [6.45, 7) is 3.30. The maximum absolute atomic E-state index is 11.5. The molecule has 1 fully saturated rings. The standard InChI is InChI=1S/C12H17N3O2/c1-9-2-4-10(5-3-9)15-11(16)14-8-12(17)6-13-7-12/h2-5,13,17H,6-8H2,1H3,(H2,14,15,16). The zero-order valence-electron chi connectivity index (χ0n) is 9.79. The van der Waals surface area contributed by atoms with Crippen LogP contribution in [-0.4, -0.2) is 36.4 Å². The quantitative estimate of drug-likeness (QED) is 0.614. The van der Waals surface area contributed by atoms with E-state index < -0.39 is 5.60 Å². The largest absolute Gasteiger partial charge is 0.385 e. The van der Waals surface area contributed by atoms with Crippen LogP contribution < -0.4 is 16.0 Å². The van der Waals surface area contributed by atoms with Gasteiger partial charge in [0, 0.05) is 18.8 Å². The predicted octanol–water partition coefficient (Wildman–Crippen LogP) is 0.451. The summed E-state index contributed by atoms with van der Waals surface area (Å²) in [6.07, 6.45) is 0. The summed E-state index contributed by atoms with van der Waals surface area (Å²) in [5.41, 5.74) is 1.10. The zero-order chi connectivity index (χ0) is 12.3. The highest BCUT2D eigenvalue weighted by molar-refractivity contribution is 5.89. The van der Waals surface area contributed by atoms with Crippen molar-refractivity contribution < 1.29 is 9.90 Å². The lowest BCUT2D eigenvalue weighted by atomic mass is 9.98. The zero-order valence-corrected chi connectivity index (χ0v) is 9.79. The van der Waals surface area contributed by atoms with Gasteiger partial charge in [0.05, 0.1) is 6.54 Å². The summed E-state index contributed by atoms with van der Waals surface area (Å²) in [5, 5.41) is 18.1. The van der Waals surface area contributed by atoms with E-state index in [2.05, 4.69) is 16.0 Å². The Bertz CT molecular complexity index is 399. The van der Waals surface area contributed by atoms with Gasteiger partial charge < -0.3 is 21.1 Å². The Balaban J connectivity index is 1.79. The molecule has 5 nitrogen and oxygen atoms in total. The first-order valence-corrected chi connectivity index (χ1v) is 5.62. The molecule has 2 amide bonds. The number of urea groups is 1. The van der Waals surface area contributed by atoms with Crippen LogP contribution in [0.1, 0.15) is 5.56 Å². The summed E-state index contributed by atoms with van der Waals surface area (Å²) >= 11 is 0. The van der Waals surface area contributed by atoms with E-state index in [1.54, 1.807) is 0 Å². The van der Waals surface area contributed by atoms with E-state index in [1.807, 2.05) is 31.2 Å². The van der Waals surface area contributed by atoms with Gasteiger partial charge in [-0.2, -0.15) is 0 Å². The number of carbonyl (C=O) groups is 1. The fraction of sp³-hybridized carbons (Fsp3) is 0.417. The highest BCUT2D eigenvalue weighted by Crippen LogP contribution is 2.10. The molecular formula is C12H17N3O2. The van der Waals surface area contributed by atoms with Crippen molar-refractivity contribution in [3.8, 4) is 0 Å². The molecule has 5 heteroatoms. The molecule has 0 spiro atoms. The van der Waals surface area contributed by atoms with Crippen molar-refractivity contribution >= 4 is 11.7 Å². The second kappa shape index (κ2) is 4.73. The molecule has 1 aromatic carbocycles. The minimum Gasteiger partial charge on any atom is -0.385 e. The van der Waals surface area contributed by atoms with E-state index in [0.717, 1.165) is 11.3 Å². The van der Waals surface area contributed by atoms with E-state index in [0.29, 0.717) is 13.1 Å². The highest BCUT2D eigenvalue weighted by atomic mass is 16.3. The van der Waals surface area contributed by atoms with Crippen molar-refractivity contribution in [3.63, 3.8) is 0 Å². The molecule has 0 aromatic heterocycles. The Kier molecular flexibility index (Phi) is 3.31. The normalized spacial score (nSPS) is 17.1. The molecule has 1 aliphatic rings. The van der Waals surface area contributed by atoms with Gasteiger partial charge in [0.2, 0.25) is 0 Å². The Morgan fingerprint density at radius 3 is 2.59 bits per heavy atom. The number of β-amino-alcohol motifs (C(OH)–C–C–N with tert-alkyl or cyclic N) is 1. The SMILES string of the molecule is Cc1ccc(NC(=O)NCC2(O)CNC2)cc1. The average Bonchev–Trinajstić information content (AvgIpc) is 2.27. The van der Waals surface area contributed by atoms with E-state index in [9.17, 15) is 9.90 Å². The molecule has 0 aliphatic carbocycles. The number of amides is 2. The van der Waals surface area contributed by atoms with Crippen LogP contribution in [-0.2, 0) is 0 Å². The lowest BCUT2D eigenvalue weighted by molar-refractivity contribution is -0.00575. The van der Waals surface area contributed by atoms with Gasteiger partial charge in [-0.25, -0.2) is 4.79 Å². The van der Waals surface area contributed by atoms with Crippen LogP contribution in [0.25, 0.3) is 0 Å². The van der Waals surface area contributed by atoms with Gasteiger partial charge in [0.25, 0.3) is 0 Å². The van der Waals surface area contributed by atoms with Crippen LogP contribution in [0.5, 0.6) is 0 Å². The molecule has 2 rings (SSSR count). The molecule has 0 radical (unpaired) electrons. The van der Waals surface area contributed by atoms with Crippen LogP contribution in [0.2, 0.25) is 0 Å². The molecule has 1 heterocycles. The molecule has 1 aliphatic heterocycles. The van der Waals surface area contributed by atoms with Gasteiger partial charge in [-0.3, -0.25) is 0 Å². The minimum absolute atomic E-state index is 0.262. The van der Waals surface area contributed by atoms with Gasteiger partial charge in [0.1, 0.15) is 5.60 Å². The topological polar surface area (TPSA) is 73.4 Å². The first kappa shape index (κ1) is 11.9. The van der Waals surface area contributed by atoms with Gasteiger partial charge in [-0.1, -0.05) is 17.7 Å². The Morgan fingerprint density at radius 2 is 2.06 bits per heavy atom. The van der Waals surface area contributed by atoms with Crippen molar-refractivity contribution in [2.45, 2.75) is 12.5 Å². The second-order valence-electron chi connectivity index (χ2n) is 4.50. The number of benzene rings is 1. The number of rotatable bonds is 3. The monoisotopic (exact) mass is 235 g/mol. The van der Waals surface area contributed by atoms with Crippen LogP contribution >= 0.6 is 0 Å². The molecule has 1 aromatic rings. The van der Waals surface area contributed by atoms with Crippen molar-refractivity contribution in [2.24, 2.45) is 0 Å².